The molecular weight excluding hydrogens is 432 g/mol. The average molecular weight is 451 g/mol. The monoisotopic (exact) mass is 451 g/mol. The molecule has 1 N–H and O–H groups in total. The third-order valence-electron chi connectivity index (χ3n) is 4.25. The van der Waals surface area contributed by atoms with Crippen molar-refractivity contribution >= 4 is 15.9 Å². The van der Waals surface area contributed by atoms with Crippen molar-refractivity contribution in [3.8, 4) is 22.9 Å². The summed E-state index contributed by atoms with van der Waals surface area (Å²) in [5.41, 5.74) is -0.785. The number of halogens is 2. The summed E-state index contributed by atoms with van der Waals surface area (Å²) in [4.78, 5) is 16.2. The van der Waals surface area contributed by atoms with Crippen molar-refractivity contribution in [2.45, 2.75) is 11.8 Å². The van der Waals surface area contributed by atoms with Gasteiger partial charge in [-0.3, -0.25) is 4.79 Å². The number of imidazole rings is 1. The van der Waals surface area contributed by atoms with Gasteiger partial charge < -0.3 is 14.0 Å². The molecule has 0 atom stereocenters. The van der Waals surface area contributed by atoms with E-state index in [1.54, 1.807) is 13.0 Å². The number of carbonyl (C=O) groups is 1. The van der Waals surface area contributed by atoms with Crippen molar-refractivity contribution in [1.29, 1.82) is 0 Å². The van der Waals surface area contributed by atoms with Gasteiger partial charge in [-0.15, -0.1) is 0 Å². The van der Waals surface area contributed by atoms with Crippen molar-refractivity contribution in [2.75, 3.05) is 13.7 Å². The molecule has 0 fully saturated rings. The summed E-state index contributed by atoms with van der Waals surface area (Å²) in [7, 11) is -1.73. The predicted molar refractivity (Wildman–Crippen MR) is 107 cm³/mol. The molecule has 0 saturated heterocycles. The van der Waals surface area contributed by atoms with E-state index in [0.717, 1.165) is 18.3 Å². The van der Waals surface area contributed by atoms with Crippen molar-refractivity contribution < 1.29 is 31.5 Å². The number of hydrogen-bond acceptors (Lipinski definition) is 6. The highest BCUT2D eigenvalue weighted by molar-refractivity contribution is 7.90. The fraction of sp³-hybridized carbons (Fsp3) is 0.200. The standard InChI is InChI=1S/C20H19F2N3O5S/c1-4-30-16-10-6-9-15(29-3)18(16)31(27,28)24-20(26)14-11-25(2)19(23-14)17-12(21)7-5-8-13(17)22/h5-11H,4H2,1-3H3,(H,24,26). The van der Waals surface area contributed by atoms with E-state index in [0.29, 0.717) is 0 Å². The minimum atomic E-state index is -4.43. The molecule has 0 aliphatic carbocycles. The first-order valence-corrected chi connectivity index (χ1v) is 10.5. The fourth-order valence-corrected chi connectivity index (χ4v) is 4.19. The lowest BCUT2D eigenvalue weighted by atomic mass is 10.2. The van der Waals surface area contributed by atoms with Crippen LogP contribution < -0.4 is 14.2 Å². The summed E-state index contributed by atoms with van der Waals surface area (Å²) >= 11 is 0. The van der Waals surface area contributed by atoms with Crippen LogP contribution in [0.5, 0.6) is 11.5 Å². The number of carbonyl (C=O) groups excluding carboxylic acids is 1. The Morgan fingerprint density at radius 3 is 2.35 bits per heavy atom. The highest BCUT2D eigenvalue weighted by Crippen LogP contribution is 2.33. The number of nitrogens with one attached hydrogen (secondary N) is 1. The highest BCUT2D eigenvalue weighted by atomic mass is 32.2. The predicted octanol–water partition coefficient (Wildman–Crippen LogP) is 2.89. The number of hydrogen-bond donors (Lipinski definition) is 1. The van der Waals surface area contributed by atoms with Crippen LogP contribution in [0.15, 0.2) is 47.5 Å². The quantitative estimate of drug-likeness (QED) is 0.593. The molecule has 1 amide bonds. The van der Waals surface area contributed by atoms with Crippen molar-refractivity contribution in [3.05, 3.63) is 59.9 Å². The third-order valence-corrected chi connectivity index (χ3v) is 5.65. The van der Waals surface area contributed by atoms with Crippen molar-refractivity contribution in [2.24, 2.45) is 7.05 Å². The second kappa shape index (κ2) is 8.72. The van der Waals surface area contributed by atoms with Crippen LogP contribution in [0.25, 0.3) is 11.4 Å². The first-order chi connectivity index (χ1) is 14.7. The van der Waals surface area contributed by atoms with Crippen LogP contribution in [0.2, 0.25) is 0 Å². The smallest absolute Gasteiger partial charge is 0.285 e. The van der Waals surface area contributed by atoms with Crippen molar-refractivity contribution in [3.63, 3.8) is 0 Å². The number of sulfonamides is 1. The second-order valence-electron chi connectivity index (χ2n) is 6.31. The topological polar surface area (TPSA) is 99.5 Å². The van der Waals surface area contributed by atoms with E-state index < -0.39 is 33.1 Å². The molecule has 0 saturated carbocycles. The second-order valence-corrected chi connectivity index (χ2v) is 7.93. The van der Waals surface area contributed by atoms with E-state index in [-0.39, 0.29) is 34.5 Å². The Kier molecular flexibility index (Phi) is 6.25. The number of benzene rings is 2. The normalized spacial score (nSPS) is 11.3. The summed E-state index contributed by atoms with van der Waals surface area (Å²) in [6.07, 6.45) is 1.16. The lowest BCUT2D eigenvalue weighted by Crippen LogP contribution is -2.31. The SMILES string of the molecule is CCOc1cccc(OC)c1S(=O)(=O)NC(=O)c1cn(C)c(-c2c(F)cccc2F)n1. The van der Waals surface area contributed by atoms with Gasteiger partial charge in [0.25, 0.3) is 15.9 Å². The molecule has 8 nitrogen and oxygen atoms in total. The summed E-state index contributed by atoms with van der Waals surface area (Å²) in [5.74, 6) is -3.04. The van der Waals surface area contributed by atoms with E-state index in [2.05, 4.69) is 4.98 Å². The van der Waals surface area contributed by atoms with E-state index in [9.17, 15) is 22.0 Å². The summed E-state index contributed by atoms with van der Waals surface area (Å²) in [5, 5.41) is 0. The molecule has 3 rings (SSSR count). The van der Waals surface area contributed by atoms with Crippen LogP contribution in [0, 0.1) is 11.6 Å². The number of amides is 1. The van der Waals surface area contributed by atoms with Crippen LogP contribution in [-0.2, 0) is 17.1 Å². The number of aromatic nitrogens is 2. The summed E-state index contributed by atoms with van der Waals surface area (Å²) < 4.78 is 67.6. The Balaban J connectivity index is 1.98. The molecule has 164 valence electrons. The van der Waals surface area contributed by atoms with Gasteiger partial charge in [-0.2, -0.15) is 0 Å². The van der Waals surface area contributed by atoms with Crippen LogP contribution in [-0.4, -0.2) is 37.6 Å². The fourth-order valence-electron chi connectivity index (χ4n) is 2.94. The van der Waals surface area contributed by atoms with Gasteiger partial charge in [-0.05, 0) is 31.2 Å². The first-order valence-electron chi connectivity index (χ1n) is 9.04. The number of aryl methyl sites for hydroxylation is 1. The molecule has 0 radical (unpaired) electrons. The zero-order valence-corrected chi connectivity index (χ0v) is 17.7. The maximum Gasteiger partial charge on any atom is 0.285 e. The molecule has 0 unspecified atom stereocenters. The Bertz CT molecular complexity index is 1220. The van der Waals surface area contributed by atoms with Crippen LogP contribution >= 0.6 is 0 Å². The van der Waals surface area contributed by atoms with Crippen molar-refractivity contribution in [1.82, 2.24) is 14.3 Å². The molecule has 3 aromatic rings. The minimum absolute atomic E-state index is 0.00251. The Morgan fingerprint density at radius 2 is 1.74 bits per heavy atom. The maximum atomic E-state index is 14.1. The van der Waals surface area contributed by atoms with E-state index in [1.165, 1.54) is 36.9 Å². The van der Waals surface area contributed by atoms with Gasteiger partial charge in [-0.1, -0.05) is 12.1 Å². The molecule has 0 aliphatic heterocycles. The first kappa shape index (κ1) is 22.2. The Labute approximate surface area is 177 Å². The molecule has 11 heteroatoms. The lowest BCUT2D eigenvalue weighted by Gasteiger charge is -2.14. The van der Waals surface area contributed by atoms with E-state index in [4.69, 9.17) is 9.47 Å². The number of methoxy groups -OCH3 is 1. The lowest BCUT2D eigenvalue weighted by molar-refractivity contribution is 0.0977. The van der Waals surface area contributed by atoms with Crippen LogP contribution in [0.4, 0.5) is 8.78 Å². The third kappa shape index (κ3) is 4.36. The number of rotatable bonds is 7. The molecule has 31 heavy (non-hydrogen) atoms. The molecule has 1 heterocycles. The minimum Gasteiger partial charge on any atom is -0.495 e. The number of ether oxygens (including phenoxy) is 2. The van der Waals surface area contributed by atoms with Crippen LogP contribution in [0.3, 0.4) is 0 Å². The summed E-state index contributed by atoms with van der Waals surface area (Å²) in [6, 6.07) is 7.66. The maximum absolute atomic E-state index is 14.1. The molecule has 0 bridgehead atoms. The largest absolute Gasteiger partial charge is 0.495 e. The average Bonchev–Trinajstić information content (AvgIpc) is 3.09. The molecular formula is C20H19F2N3O5S. The van der Waals surface area contributed by atoms with Gasteiger partial charge >= 0.3 is 0 Å². The zero-order valence-electron chi connectivity index (χ0n) is 16.8. The van der Waals surface area contributed by atoms with E-state index >= 15 is 0 Å². The van der Waals surface area contributed by atoms with Gasteiger partial charge in [-0.25, -0.2) is 26.9 Å². The Hall–Kier alpha value is -3.47. The number of nitrogens with zero attached hydrogens (tertiary/aromatic N) is 2. The highest BCUT2D eigenvalue weighted by Gasteiger charge is 2.29. The molecule has 1 aromatic heterocycles. The van der Waals surface area contributed by atoms with Gasteiger partial charge in [0.2, 0.25) is 0 Å². The molecule has 0 spiro atoms. The van der Waals surface area contributed by atoms with Gasteiger partial charge in [0.1, 0.15) is 34.7 Å². The molecule has 2 aromatic carbocycles. The van der Waals surface area contributed by atoms with Crippen LogP contribution in [0.1, 0.15) is 17.4 Å². The van der Waals surface area contributed by atoms with Gasteiger partial charge in [0.15, 0.2) is 4.90 Å². The van der Waals surface area contributed by atoms with Gasteiger partial charge in [0, 0.05) is 13.2 Å². The molecule has 0 aliphatic rings. The Morgan fingerprint density at radius 1 is 1.13 bits per heavy atom. The zero-order chi connectivity index (χ0) is 22.8. The van der Waals surface area contributed by atoms with Gasteiger partial charge in [0.05, 0.1) is 19.3 Å². The van der Waals surface area contributed by atoms with E-state index in [1.807, 2.05) is 4.72 Å². The summed E-state index contributed by atoms with van der Waals surface area (Å²) in [6.45, 7) is 1.85.